The molecule has 1 heterocycles. The molecule has 1 N–H and O–H groups in total. The summed E-state index contributed by atoms with van der Waals surface area (Å²) in [6.07, 6.45) is 0.00118. The van der Waals surface area contributed by atoms with E-state index in [1.165, 1.54) is 4.90 Å². The van der Waals surface area contributed by atoms with Gasteiger partial charge in [0.05, 0.1) is 24.3 Å². The van der Waals surface area contributed by atoms with Gasteiger partial charge in [-0.3, -0.25) is 14.5 Å². The molecule has 1 fully saturated rings. The van der Waals surface area contributed by atoms with Crippen LogP contribution in [0.3, 0.4) is 0 Å². The lowest BCUT2D eigenvalue weighted by atomic mass is 9.95. The van der Waals surface area contributed by atoms with Crippen LogP contribution >= 0.6 is 0 Å². The van der Waals surface area contributed by atoms with Gasteiger partial charge in [-0.15, -0.1) is 0 Å². The summed E-state index contributed by atoms with van der Waals surface area (Å²) < 4.78 is 11.4. The minimum Gasteiger partial charge on any atom is -0.507 e. The van der Waals surface area contributed by atoms with Crippen molar-refractivity contribution < 1.29 is 24.2 Å². The number of anilines is 2. The van der Waals surface area contributed by atoms with Crippen molar-refractivity contribution in [2.75, 3.05) is 30.5 Å². The van der Waals surface area contributed by atoms with Gasteiger partial charge < -0.3 is 19.5 Å². The predicted octanol–water partition coefficient (Wildman–Crippen LogP) is 5.56. The molecule has 1 atom stereocenters. The Kier molecular flexibility index (Phi) is 7.53. The first kappa shape index (κ1) is 25.8. The number of hydrogen-bond acceptors (Lipinski definition) is 6. The zero-order valence-electron chi connectivity index (χ0n) is 21.8. The van der Waals surface area contributed by atoms with Crippen molar-refractivity contribution >= 4 is 28.8 Å². The number of aliphatic hydroxyl groups excluding tert-OH is 1. The summed E-state index contributed by atoms with van der Waals surface area (Å²) in [5.74, 6) is -0.430. The smallest absolute Gasteiger partial charge is 0.300 e. The molecule has 1 saturated heterocycles. The van der Waals surface area contributed by atoms with Gasteiger partial charge >= 0.3 is 0 Å². The minimum atomic E-state index is -0.836. The van der Waals surface area contributed by atoms with Crippen LogP contribution in [0.15, 0.2) is 78.4 Å². The van der Waals surface area contributed by atoms with Crippen molar-refractivity contribution in [3.63, 3.8) is 0 Å². The van der Waals surface area contributed by atoms with Crippen molar-refractivity contribution in [2.45, 2.75) is 32.9 Å². The van der Waals surface area contributed by atoms with Gasteiger partial charge in [0, 0.05) is 31.0 Å². The molecular formula is C30H32N2O5. The van der Waals surface area contributed by atoms with E-state index in [9.17, 15) is 14.7 Å². The molecule has 1 aliphatic rings. The Morgan fingerprint density at radius 3 is 2.24 bits per heavy atom. The van der Waals surface area contributed by atoms with Gasteiger partial charge in [-0.25, -0.2) is 0 Å². The second-order valence-electron chi connectivity index (χ2n) is 9.28. The zero-order chi connectivity index (χ0) is 26.7. The molecule has 4 rings (SSSR count). The van der Waals surface area contributed by atoms with Crippen molar-refractivity contribution in [2.24, 2.45) is 0 Å². The SMILES string of the molecule is CCOc1cccc(C2/C(=C(/O)c3ccc(OC(C)C)cc3)C(=O)C(=O)N2c2ccc(N(C)C)cc2)c1. The van der Waals surface area contributed by atoms with E-state index in [-0.39, 0.29) is 17.4 Å². The van der Waals surface area contributed by atoms with Gasteiger partial charge in [-0.05, 0) is 87.0 Å². The summed E-state index contributed by atoms with van der Waals surface area (Å²) in [5.41, 5.74) is 2.61. The minimum absolute atomic E-state index is 0.00118. The number of carbonyl (C=O) groups excluding carboxylic acids is 2. The quantitative estimate of drug-likeness (QED) is 0.248. The van der Waals surface area contributed by atoms with E-state index in [2.05, 4.69) is 0 Å². The molecule has 1 amide bonds. The molecule has 1 unspecified atom stereocenters. The van der Waals surface area contributed by atoms with E-state index < -0.39 is 17.7 Å². The largest absolute Gasteiger partial charge is 0.507 e. The van der Waals surface area contributed by atoms with Crippen LogP contribution < -0.4 is 19.3 Å². The third-order valence-corrected chi connectivity index (χ3v) is 6.07. The van der Waals surface area contributed by atoms with Crippen molar-refractivity contribution in [1.29, 1.82) is 0 Å². The Labute approximate surface area is 217 Å². The maximum Gasteiger partial charge on any atom is 0.300 e. The third-order valence-electron chi connectivity index (χ3n) is 6.07. The van der Waals surface area contributed by atoms with E-state index in [0.717, 1.165) is 5.69 Å². The lowest BCUT2D eigenvalue weighted by Gasteiger charge is -2.26. The Bertz CT molecular complexity index is 1310. The lowest BCUT2D eigenvalue weighted by Crippen LogP contribution is -2.29. The highest BCUT2D eigenvalue weighted by molar-refractivity contribution is 6.51. The van der Waals surface area contributed by atoms with Crippen LogP contribution in [0.5, 0.6) is 11.5 Å². The molecule has 192 valence electrons. The highest BCUT2D eigenvalue weighted by atomic mass is 16.5. The zero-order valence-corrected chi connectivity index (χ0v) is 21.8. The molecule has 0 saturated carbocycles. The van der Waals surface area contributed by atoms with Gasteiger partial charge in [0.25, 0.3) is 11.7 Å². The van der Waals surface area contributed by atoms with Crippen LogP contribution in [-0.4, -0.2) is 43.6 Å². The van der Waals surface area contributed by atoms with E-state index in [0.29, 0.717) is 34.9 Å². The fourth-order valence-electron chi connectivity index (χ4n) is 4.39. The first-order valence-electron chi connectivity index (χ1n) is 12.3. The van der Waals surface area contributed by atoms with E-state index in [4.69, 9.17) is 9.47 Å². The average molecular weight is 501 g/mol. The summed E-state index contributed by atoms with van der Waals surface area (Å²) in [6.45, 7) is 6.21. The normalized spacial score (nSPS) is 16.8. The molecule has 0 spiro atoms. The summed E-state index contributed by atoms with van der Waals surface area (Å²) in [7, 11) is 3.86. The maximum atomic E-state index is 13.4. The van der Waals surface area contributed by atoms with Crippen LogP contribution in [0.1, 0.15) is 37.9 Å². The predicted molar refractivity (Wildman–Crippen MR) is 145 cm³/mol. The van der Waals surface area contributed by atoms with E-state index >= 15 is 0 Å². The summed E-state index contributed by atoms with van der Waals surface area (Å²) in [4.78, 5) is 30.2. The van der Waals surface area contributed by atoms with Crippen LogP contribution in [0.2, 0.25) is 0 Å². The number of nitrogens with zero attached hydrogens (tertiary/aromatic N) is 2. The Hall–Kier alpha value is -4.26. The monoisotopic (exact) mass is 500 g/mol. The highest BCUT2D eigenvalue weighted by Crippen LogP contribution is 2.43. The van der Waals surface area contributed by atoms with E-state index in [1.54, 1.807) is 42.5 Å². The molecular weight excluding hydrogens is 468 g/mol. The first-order chi connectivity index (χ1) is 17.7. The number of benzene rings is 3. The first-order valence-corrected chi connectivity index (χ1v) is 12.3. The number of ketones is 1. The molecule has 7 nitrogen and oxygen atoms in total. The molecule has 0 aliphatic carbocycles. The van der Waals surface area contributed by atoms with Crippen LogP contribution in [0, 0.1) is 0 Å². The van der Waals surface area contributed by atoms with Crippen LogP contribution in [0.25, 0.3) is 5.76 Å². The molecule has 3 aromatic carbocycles. The summed E-state index contributed by atoms with van der Waals surface area (Å²) in [6, 6.07) is 20.6. The number of Topliss-reactive ketones (excluding diaryl/α,β-unsaturated/α-hetero) is 1. The number of rotatable bonds is 8. The molecule has 0 radical (unpaired) electrons. The molecule has 3 aromatic rings. The van der Waals surface area contributed by atoms with Gasteiger partial charge in [0.15, 0.2) is 0 Å². The van der Waals surface area contributed by atoms with Crippen molar-refractivity contribution in [1.82, 2.24) is 0 Å². The Balaban J connectivity index is 1.86. The molecule has 37 heavy (non-hydrogen) atoms. The third kappa shape index (κ3) is 5.31. The van der Waals surface area contributed by atoms with Gasteiger partial charge in [-0.2, -0.15) is 0 Å². The fraction of sp³-hybridized carbons (Fsp3) is 0.267. The molecule has 7 heteroatoms. The van der Waals surface area contributed by atoms with Gasteiger partial charge in [0.2, 0.25) is 0 Å². The number of aliphatic hydroxyl groups is 1. The van der Waals surface area contributed by atoms with Crippen molar-refractivity contribution in [3.05, 3.63) is 89.5 Å². The highest BCUT2D eigenvalue weighted by Gasteiger charge is 2.47. The van der Waals surface area contributed by atoms with Crippen LogP contribution in [0.4, 0.5) is 11.4 Å². The molecule has 0 aromatic heterocycles. The second kappa shape index (κ2) is 10.8. The number of ether oxygens (including phenoxy) is 2. The second-order valence-corrected chi connectivity index (χ2v) is 9.28. The molecule has 1 aliphatic heterocycles. The molecule has 0 bridgehead atoms. The Morgan fingerprint density at radius 1 is 0.973 bits per heavy atom. The topological polar surface area (TPSA) is 79.3 Å². The average Bonchev–Trinajstić information content (AvgIpc) is 3.14. The van der Waals surface area contributed by atoms with Gasteiger partial charge in [-0.1, -0.05) is 12.1 Å². The van der Waals surface area contributed by atoms with Crippen molar-refractivity contribution in [3.8, 4) is 11.5 Å². The number of amides is 1. The Morgan fingerprint density at radius 2 is 1.65 bits per heavy atom. The number of hydrogen-bond donors (Lipinski definition) is 1. The summed E-state index contributed by atoms with van der Waals surface area (Å²) in [5, 5.41) is 11.4. The van der Waals surface area contributed by atoms with E-state index in [1.807, 2.05) is 70.1 Å². The number of carbonyl (C=O) groups is 2. The standard InChI is InChI=1S/C30H32N2O5/c1-6-36-25-9-7-8-21(18-25)27-26(28(33)20-10-16-24(17-11-20)37-19(2)3)29(34)30(35)32(27)23-14-12-22(13-15-23)31(4)5/h7-19,27,33H,6H2,1-5H3/b28-26-. The van der Waals surface area contributed by atoms with Crippen LogP contribution in [-0.2, 0) is 9.59 Å². The lowest BCUT2D eigenvalue weighted by molar-refractivity contribution is -0.132. The summed E-state index contributed by atoms with van der Waals surface area (Å²) >= 11 is 0. The fourth-order valence-corrected chi connectivity index (χ4v) is 4.39. The van der Waals surface area contributed by atoms with Gasteiger partial charge in [0.1, 0.15) is 17.3 Å². The maximum absolute atomic E-state index is 13.4.